The second-order valence-corrected chi connectivity index (χ2v) is 8.42. The highest BCUT2D eigenvalue weighted by atomic mass is 16.5. The van der Waals surface area contributed by atoms with Gasteiger partial charge in [-0.15, -0.1) is 0 Å². The lowest BCUT2D eigenvalue weighted by Crippen LogP contribution is -2.46. The van der Waals surface area contributed by atoms with Crippen molar-refractivity contribution < 1.29 is 14.3 Å². The van der Waals surface area contributed by atoms with Crippen molar-refractivity contribution in [2.24, 2.45) is 0 Å². The fourth-order valence-corrected chi connectivity index (χ4v) is 4.52. The normalized spacial score (nSPS) is 15.7. The molecule has 2 aromatic carbocycles. The Morgan fingerprint density at radius 2 is 1.68 bits per heavy atom. The molecule has 2 N–H and O–H groups in total. The highest BCUT2D eigenvalue weighted by Gasteiger charge is 2.37. The number of rotatable bonds is 5. The first-order valence-corrected chi connectivity index (χ1v) is 12.4. The van der Waals surface area contributed by atoms with Crippen molar-refractivity contribution in [3.05, 3.63) is 65.2 Å². The van der Waals surface area contributed by atoms with Crippen LogP contribution in [0.4, 0.5) is 5.69 Å². The zero-order chi connectivity index (χ0) is 24.7. The Morgan fingerprint density at radius 3 is 2.26 bits per heavy atom. The summed E-state index contributed by atoms with van der Waals surface area (Å²) in [4.78, 5) is 26.1. The van der Waals surface area contributed by atoms with E-state index in [0.717, 1.165) is 54.1 Å². The van der Waals surface area contributed by atoms with Crippen LogP contribution in [0.5, 0.6) is 5.75 Å². The fraction of sp³-hybridized carbons (Fsp3) is 0.429. The summed E-state index contributed by atoms with van der Waals surface area (Å²) in [7, 11) is 0. The van der Waals surface area contributed by atoms with Crippen LogP contribution in [0.15, 0.2) is 48.5 Å². The predicted octanol–water partition coefficient (Wildman–Crippen LogP) is 5.10. The first-order valence-electron chi connectivity index (χ1n) is 12.4. The number of fused-ring (bicyclic) bond motifs is 1. The second kappa shape index (κ2) is 11.3. The third-order valence-corrected chi connectivity index (χ3v) is 6.25. The Balaban J connectivity index is 0.00000158. The minimum absolute atomic E-state index is 0.0469. The maximum Gasteiger partial charge on any atom is 0.253 e. The van der Waals surface area contributed by atoms with Crippen LogP contribution in [-0.4, -0.2) is 48.5 Å². The Labute approximate surface area is 203 Å². The van der Waals surface area contributed by atoms with E-state index in [-0.39, 0.29) is 17.4 Å². The number of piperidine rings is 1. The number of nitrogens with one attached hydrogen (secondary N) is 2. The van der Waals surface area contributed by atoms with E-state index >= 15 is 0 Å². The van der Waals surface area contributed by atoms with Crippen LogP contribution in [0.1, 0.15) is 68.9 Å². The van der Waals surface area contributed by atoms with Crippen molar-refractivity contribution in [3.8, 4) is 5.75 Å². The van der Waals surface area contributed by atoms with Gasteiger partial charge in [-0.25, -0.2) is 0 Å². The molecular formula is C28H37N3O3. The lowest BCUT2D eigenvalue weighted by atomic mass is 9.83. The number of carbonyl (C=O) groups is 2. The van der Waals surface area contributed by atoms with Gasteiger partial charge in [-0.05, 0) is 74.5 Å². The lowest BCUT2D eigenvalue weighted by Gasteiger charge is -2.40. The number of carbonyl (C=O) groups excluding carboxylic acids is 2. The number of amides is 2. The molecule has 4 rings (SSSR count). The van der Waals surface area contributed by atoms with E-state index < -0.39 is 0 Å². The van der Waals surface area contributed by atoms with Crippen LogP contribution < -0.4 is 15.4 Å². The minimum atomic E-state index is -0.348. The van der Waals surface area contributed by atoms with Crippen molar-refractivity contribution in [2.45, 2.75) is 53.1 Å². The largest absolute Gasteiger partial charge is 0.482 e. The number of ether oxygens (including phenoxy) is 1. The summed E-state index contributed by atoms with van der Waals surface area (Å²) in [6.07, 6.45) is 4.01. The van der Waals surface area contributed by atoms with Gasteiger partial charge in [-0.3, -0.25) is 9.59 Å². The van der Waals surface area contributed by atoms with Crippen LogP contribution in [0.3, 0.4) is 0 Å². The molecule has 2 aromatic rings. The van der Waals surface area contributed by atoms with Crippen molar-refractivity contribution in [1.82, 2.24) is 10.2 Å². The zero-order valence-electron chi connectivity index (χ0n) is 21.0. The molecule has 6 heteroatoms. The van der Waals surface area contributed by atoms with E-state index in [2.05, 4.69) is 16.7 Å². The maximum absolute atomic E-state index is 12.7. The van der Waals surface area contributed by atoms with Crippen molar-refractivity contribution in [1.29, 1.82) is 0 Å². The monoisotopic (exact) mass is 463 g/mol. The van der Waals surface area contributed by atoms with E-state index in [1.807, 2.05) is 75.1 Å². The van der Waals surface area contributed by atoms with Gasteiger partial charge in [0.15, 0.2) is 0 Å². The van der Waals surface area contributed by atoms with E-state index in [1.165, 1.54) is 6.92 Å². The molecule has 34 heavy (non-hydrogen) atoms. The van der Waals surface area contributed by atoms with Gasteiger partial charge in [0.2, 0.25) is 5.91 Å². The van der Waals surface area contributed by atoms with Gasteiger partial charge in [0.05, 0.1) is 0 Å². The number of benzene rings is 2. The van der Waals surface area contributed by atoms with Crippen LogP contribution in [0.25, 0.3) is 5.57 Å². The lowest BCUT2D eigenvalue weighted by molar-refractivity contribution is -0.114. The Bertz CT molecular complexity index is 1030. The standard InChI is InChI=1S/C26H31N3O3.C2H6/c1-4-29(5-2)25(31)20-8-6-19(7-9-20)23-17-26(12-14-27-15-13-26)32-24-11-10-21(16-22(23)24)28-18(3)30;1-2/h6-11,16-17,27H,4-5,12-15H2,1-3H3,(H,28,30);1-2H3. The zero-order valence-corrected chi connectivity index (χ0v) is 21.0. The maximum atomic E-state index is 12.7. The molecule has 2 aliphatic heterocycles. The quantitative estimate of drug-likeness (QED) is 0.647. The molecule has 0 atom stereocenters. The molecule has 6 nitrogen and oxygen atoms in total. The van der Waals surface area contributed by atoms with Gasteiger partial charge in [-0.2, -0.15) is 0 Å². The summed E-state index contributed by atoms with van der Waals surface area (Å²) >= 11 is 0. The van der Waals surface area contributed by atoms with E-state index in [9.17, 15) is 9.59 Å². The molecule has 2 amide bonds. The summed E-state index contributed by atoms with van der Waals surface area (Å²) in [5.74, 6) is 0.758. The molecular weight excluding hydrogens is 426 g/mol. The summed E-state index contributed by atoms with van der Waals surface area (Å²) in [5.41, 5.74) is 4.13. The number of nitrogens with zero attached hydrogens (tertiary/aromatic N) is 1. The third kappa shape index (κ3) is 5.50. The molecule has 1 fully saturated rings. The number of hydrogen-bond acceptors (Lipinski definition) is 4. The first-order chi connectivity index (χ1) is 16.4. The molecule has 0 aromatic heterocycles. The summed E-state index contributed by atoms with van der Waals surface area (Å²) in [6.45, 7) is 12.7. The van der Waals surface area contributed by atoms with Crippen LogP contribution in [0.2, 0.25) is 0 Å². The van der Waals surface area contributed by atoms with Gasteiger partial charge in [0.25, 0.3) is 5.91 Å². The first kappa shape index (κ1) is 25.5. The number of hydrogen-bond donors (Lipinski definition) is 2. The van der Waals surface area contributed by atoms with Crippen LogP contribution in [0, 0.1) is 0 Å². The SMILES string of the molecule is CC.CCN(CC)C(=O)c1ccc(C2=CC3(CCNCC3)Oc3ccc(NC(C)=O)cc32)cc1. The molecule has 0 radical (unpaired) electrons. The third-order valence-electron chi connectivity index (χ3n) is 6.25. The Kier molecular flexibility index (Phi) is 8.51. The van der Waals surface area contributed by atoms with Crippen molar-refractivity contribution in [2.75, 3.05) is 31.5 Å². The predicted molar refractivity (Wildman–Crippen MR) is 138 cm³/mol. The molecule has 1 saturated heterocycles. The highest BCUT2D eigenvalue weighted by Crippen LogP contribution is 2.43. The molecule has 0 aliphatic carbocycles. The average molecular weight is 464 g/mol. The van der Waals surface area contributed by atoms with Crippen LogP contribution >= 0.6 is 0 Å². The van der Waals surface area contributed by atoms with Gasteiger partial charge in [0.1, 0.15) is 11.4 Å². The topological polar surface area (TPSA) is 70.7 Å². The van der Waals surface area contributed by atoms with Crippen LogP contribution in [-0.2, 0) is 4.79 Å². The highest BCUT2D eigenvalue weighted by molar-refractivity contribution is 5.95. The van der Waals surface area contributed by atoms with Gasteiger partial charge in [-0.1, -0.05) is 26.0 Å². The number of anilines is 1. The van der Waals surface area contributed by atoms with Gasteiger partial charge < -0.3 is 20.3 Å². The van der Waals surface area contributed by atoms with Crippen molar-refractivity contribution >= 4 is 23.1 Å². The second-order valence-electron chi connectivity index (χ2n) is 8.42. The smallest absolute Gasteiger partial charge is 0.253 e. The Hall–Kier alpha value is -3.12. The average Bonchev–Trinajstić information content (AvgIpc) is 2.86. The van der Waals surface area contributed by atoms with E-state index in [1.54, 1.807) is 0 Å². The molecule has 0 bridgehead atoms. The van der Waals surface area contributed by atoms with Crippen molar-refractivity contribution in [3.63, 3.8) is 0 Å². The summed E-state index contributed by atoms with van der Waals surface area (Å²) in [5, 5.41) is 6.27. The molecule has 182 valence electrons. The summed E-state index contributed by atoms with van der Waals surface area (Å²) in [6, 6.07) is 13.6. The fourth-order valence-electron chi connectivity index (χ4n) is 4.52. The molecule has 0 unspecified atom stereocenters. The molecule has 0 saturated carbocycles. The van der Waals surface area contributed by atoms with E-state index in [4.69, 9.17) is 4.74 Å². The Morgan fingerprint density at radius 1 is 1.03 bits per heavy atom. The molecule has 1 spiro atoms. The van der Waals surface area contributed by atoms with E-state index in [0.29, 0.717) is 18.7 Å². The van der Waals surface area contributed by atoms with Gasteiger partial charge in [0, 0.05) is 49.7 Å². The molecule has 2 aliphatic rings. The summed E-state index contributed by atoms with van der Waals surface area (Å²) < 4.78 is 6.50. The minimum Gasteiger partial charge on any atom is -0.482 e. The molecule has 2 heterocycles. The van der Waals surface area contributed by atoms with Gasteiger partial charge >= 0.3 is 0 Å².